The number of likely N-dealkylation sites (tertiary alicyclic amines) is 1. The highest BCUT2D eigenvalue weighted by molar-refractivity contribution is 8.26. The molecule has 2 amide bonds. The molecule has 0 spiro atoms. The van der Waals surface area contributed by atoms with E-state index in [1.54, 1.807) is 4.90 Å². The first-order valence-corrected chi connectivity index (χ1v) is 10.8. The lowest BCUT2D eigenvalue weighted by atomic mass is 9.99. The van der Waals surface area contributed by atoms with Crippen molar-refractivity contribution >= 4 is 46.2 Å². The van der Waals surface area contributed by atoms with E-state index >= 15 is 0 Å². The Bertz CT molecular complexity index is 758. The van der Waals surface area contributed by atoms with Gasteiger partial charge in [-0.1, -0.05) is 60.7 Å². The Morgan fingerprint density at radius 2 is 2.04 bits per heavy atom. The Morgan fingerprint density at radius 1 is 1.30 bits per heavy atom. The fraction of sp³-hybridized carbons (Fsp3) is 0.476. The van der Waals surface area contributed by atoms with Crippen molar-refractivity contribution in [2.45, 2.75) is 52.0 Å². The summed E-state index contributed by atoms with van der Waals surface area (Å²) in [5.74, 6) is 0.0437. The third-order valence-corrected chi connectivity index (χ3v) is 6.59. The van der Waals surface area contributed by atoms with Gasteiger partial charge in [-0.15, -0.1) is 0 Å². The van der Waals surface area contributed by atoms with Gasteiger partial charge in [0.05, 0.1) is 4.91 Å². The van der Waals surface area contributed by atoms with E-state index in [9.17, 15) is 9.59 Å². The molecule has 2 saturated heterocycles. The zero-order chi connectivity index (χ0) is 19.4. The zero-order valence-corrected chi connectivity index (χ0v) is 17.6. The number of aryl methyl sites for hydroxylation is 1. The Labute approximate surface area is 171 Å². The van der Waals surface area contributed by atoms with Crippen LogP contribution in [0.2, 0.25) is 0 Å². The first-order valence-electron chi connectivity index (χ1n) is 9.61. The number of amides is 2. The molecule has 1 unspecified atom stereocenters. The largest absolute Gasteiger partial charge is 0.340 e. The van der Waals surface area contributed by atoms with E-state index in [-0.39, 0.29) is 11.8 Å². The van der Waals surface area contributed by atoms with Crippen LogP contribution in [-0.2, 0) is 9.59 Å². The van der Waals surface area contributed by atoms with Crippen molar-refractivity contribution in [2.24, 2.45) is 0 Å². The van der Waals surface area contributed by atoms with Gasteiger partial charge in [0.15, 0.2) is 0 Å². The van der Waals surface area contributed by atoms with Gasteiger partial charge in [-0.25, -0.2) is 0 Å². The molecule has 6 heteroatoms. The maximum atomic E-state index is 12.7. The number of benzene rings is 1. The third-order valence-electron chi connectivity index (χ3n) is 5.22. The van der Waals surface area contributed by atoms with E-state index in [1.807, 2.05) is 42.2 Å². The van der Waals surface area contributed by atoms with E-state index in [4.69, 9.17) is 12.2 Å². The molecule has 0 saturated carbocycles. The lowest BCUT2D eigenvalue weighted by molar-refractivity contribution is -0.135. The predicted molar refractivity (Wildman–Crippen MR) is 115 cm³/mol. The quantitative estimate of drug-likeness (QED) is 0.541. The minimum atomic E-state index is -0.0935. The molecule has 2 heterocycles. The van der Waals surface area contributed by atoms with Crippen molar-refractivity contribution in [3.05, 3.63) is 40.3 Å². The molecule has 2 aliphatic rings. The molecule has 3 rings (SSSR count). The molecule has 1 aromatic rings. The van der Waals surface area contributed by atoms with Crippen LogP contribution < -0.4 is 0 Å². The summed E-state index contributed by atoms with van der Waals surface area (Å²) in [4.78, 5) is 29.6. The summed E-state index contributed by atoms with van der Waals surface area (Å²) in [5, 5.41) is 0. The summed E-state index contributed by atoms with van der Waals surface area (Å²) in [6.07, 6.45) is 6.55. The number of carbonyl (C=O) groups is 2. The van der Waals surface area contributed by atoms with Gasteiger partial charge in [-0.05, 0) is 44.2 Å². The normalized spacial score (nSPS) is 22.0. The monoisotopic (exact) mass is 402 g/mol. The van der Waals surface area contributed by atoms with Crippen molar-refractivity contribution < 1.29 is 9.59 Å². The molecule has 4 nitrogen and oxygen atoms in total. The van der Waals surface area contributed by atoms with Gasteiger partial charge < -0.3 is 4.90 Å². The van der Waals surface area contributed by atoms with E-state index in [2.05, 4.69) is 6.92 Å². The Hall–Kier alpha value is -1.66. The summed E-state index contributed by atoms with van der Waals surface area (Å²) in [6.45, 7) is 5.37. The number of hydrogen-bond donors (Lipinski definition) is 0. The molecule has 2 aliphatic heterocycles. The van der Waals surface area contributed by atoms with Crippen molar-refractivity contribution in [3.63, 3.8) is 0 Å². The average Bonchev–Trinajstić information content (AvgIpc) is 2.94. The maximum absolute atomic E-state index is 12.7. The number of thiocarbonyl (C=S) groups is 1. The van der Waals surface area contributed by atoms with Gasteiger partial charge in [0.1, 0.15) is 4.32 Å². The SMILES string of the molecule is CCC1CCCCN1C(=O)CCN1C(=O)/C(=C\c2ccc(C)cc2)SC1=S. The van der Waals surface area contributed by atoms with Gasteiger partial charge >= 0.3 is 0 Å². The highest BCUT2D eigenvalue weighted by atomic mass is 32.2. The number of rotatable bonds is 5. The minimum Gasteiger partial charge on any atom is -0.340 e. The van der Waals surface area contributed by atoms with Gasteiger partial charge in [-0.3, -0.25) is 14.5 Å². The molecular weight excluding hydrogens is 376 g/mol. The van der Waals surface area contributed by atoms with Gasteiger partial charge in [0, 0.05) is 25.6 Å². The predicted octanol–water partition coefficient (Wildman–Crippen LogP) is 4.38. The summed E-state index contributed by atoms with van der Waals surface area (Å²) in [7, 11) is 0. The zero-order valence-electron chi connectivity index (χ0n) is 15.9. The Kier molecular flexibility index (Phi) is 6.71. The van der Waals surface area contributed by atoms with Crippen molar-refractivity contribution in [2.75, 3.05) is 13.1 Å². The Balaban J connectivity index is 1.62. The molecule has 1 atom stereocenters. The van der Waals surface area contributed by atoms with Crippen molar-refractivity contribution in [1.29, 1.82) is 0 Å². The molecule has 0 radical (unpaired) electrons. The Morgan fingerprint density at radius 3 is 2.74 bits per heavy atom. The van der Waals surface area contributed by atoms with Crippen LogP contribution in [0, 0.1) is 6.92 Å². The maximum Gasteiger partial charge on any atom is 0.266 e. The molecule has 0 bridgehead atoms. The van der Waals surface area contributed by atoms with Crippen LogP contribution in [0.4, 0.5) is 0 Å². The fourth-order valence-corrected chi connectivity index (χ4v) is 4.92. The highest BCUT2D eigenvalue weighted by Crippen LogP contribution is 2.33. The van der Waals surface area contributed by atoms with E-state index in [0.717, 1.165) is 31.4 Å². The molecular formula is C21H26N2O2S2. The lowest BCUT2D eigenvalue weighted by Crippen LogP contribution is -2.44. The molecule has 27 heavy (non-hydrogen) atoms. The molecule has 144 valence electrons. The topological polar surface area (TPSA) is 40.6 Å². The summed E-state index contributed by atoms with van der Waals surface area (Å²) >= 11 is 6.71. The van der Waals surface area contributed by atoms with E-state index < -0.39 is 0 Å². The standard InChI is InChI=1S/C21H26N2O2S2/c1-3-17-6-4-5-12-22(17)19(24)11-13-23-20(25)18(27-21(23)26)14-16-9-7-15(2)8-10-16/h7-10,14,17H,3-6,11-13H2,1-2H3/b18-14+. The fourth-order valence-electron chi connectivity index (χ4n) is 3.61. The highest BCUT2D eigenvalue weighted by Gasteiger charge is 2.33. The van der Waals surface area contributed by atoms with Gasteiger partial charge in [0.25, 0.3) is 5.91 Å². The molecule has 0 N–H and O–H groups in total. The number of piperidine rings is 1. The molecule has 0 aromatic heterocycles. The first-order chi connectivity index (χ1) is 13.0. The lowest BCUT2D eigenvalue weighted by Gasteiger charge is -2.35. The van der Waals surface area contributed by atoms with Crippen LogP contribution in [0.1, 0.15) is 50.2 Å². The van der Waals surface area contributed by atoms with E-state index in [0.29, 0.717) is 28.2 Å². The van der Waals surface area contributed by atoms with Crippen LogP contribution in [0.15, 0.2) is 29.2 Å². The second kappa shape index (κ2) is 9.02. The van der Waals surface area contributed by atoms with Crippen LogP contribution in [0.5, 0.6) is 0 Å². The number of carbonyl (C=O) groups excluding carboxylic acids is 2. The summed E-state index contributed by atoms with van der Waals surface area (Å²) in [5.41, 5.74) is 2.16. The smallest absolute Gasteiger partial charge is 0.266 e. The molecule has 1 aromatic carbocycles. The van der Waals surface area contributed by atoms with Crippen LogP contribution in [0.25, 0.3) is 6.08 Å². The number of thioether (sulfide) groups is 1. The second-order valence-corrected chi connectivity index (χ2v) is 8.81. The van der Waals surface area contributed by atoms with Crippen molar-refractivity contribution in [1.82, 2.24) is 9.80 Å². The van der Waals surface area contributed by atoms with E-state index in [1.165, 1.54) is 23.7 Å². The van der Waals surface area contributed by atoms with Crippen molar-refractivity contribution in [3.8, 4) is 0 Å². The first kappa shape index (κ1) is 20.1. The number of nitrogens with zero attached hydrogens (tertiary/aromatic N) is 2. The number of hydrogen-bond acceptors (Lipinski definition) is 4. The van der Waals surface area contributed by atoms with Gasteiger partial charge in [0.2, 0.25) is 5.91 Å². The third kappa shape index (κ3) is 4.79. The second-order valence-electron chi connectivity index (χ2n) is 7.14. The molecule has 0 aliphatic carbocycles. The van der Waals surface area contributed by atoms with Crippen LogP contribution in [-0.4, -0.2) is 45.1 Å². The average molecular weight is 403 g/mol. The summed E-state index contributed by atoms with van der Waals surface area (Å²) in [6, 6.07) is 8.38. The van der Waals surface area contributed by atoms with Gasteiger partial charge in [-0.2, -0.15) is 0 Å². The minimum absolute atomic E-state index is 0.0935. The van der Waals surface area contributed by atoms with Crippen LogP contribution in [0.3, 0.4) is 0 Å². The van der Waals surface area contributed by atoms with Crippen LogP contribution >= 0.6 is 24.0 Å². The molecule has 2 fully saturated rings. The summed E-state index contributed by atoms with van der Waals surface area (Å²) < 4.78 is 0.539.